The van der Waals surface area contributed by atoms with E-state index in [-0.39, 0.29) is 16.6 Å². The van der Waals surface area contributed by atoms with Gasteiger partial charge in [0.05, 0.1) is 12.2 Å². The number of halogens is 3. The molecule has 0 aromatic heterocycles. The number of rotatable bonds is 3. The molecule has 92 valence electrons. The maximum atomic E-state index is 13.5. The van der Waals surface area contributed by atoms with E-state index in [1.54, 1.807) is 0 Å². The first-order valence-electron chi connectivity index (χ1n) is 4.75. The largest absolute Gasteiger partial charge is 0.460 e. The van der Waals surface area contributed by atoms with E-state index in [1.165, 1.54) is 13.8 Å². The summed E-state index contributed by atoms with van der Waals surface area (Å²) in [6, 6.07) is 1.06. The second-order valence-corrected chi connectivity index (χ2v) is 4.06. The highest BCUT2D eigenvalue weighted by Crippen LogP contribution is 2.25. The quantitative estimate of drug-likeness (QED) is 0.373. The number of Topliss-reactive ketones (excluding diaryl/α,β-unsaturated/α-hetero) is 1. The van der Waals surface area contributed by atoms with Crippen molar-refractivity contribution in [3.8, 4) is 0 Å². The van der Waals surface area contributed by atoms with Crippen LogP contribution in [0.5, 0.6) is 0 Å². The molecule has 0 saturated heterocycles. The van der Waals surface area contributed by atoms with Gasteiger partial charge < -0.3 is 4.74 Å². The lowest BCUT2D eigenvalue weighted by atomic mass is 10.1. The Bertz CT molecular complexity index is 486. The minimum absolute atomic E-state index is 0.0122. The lowest BCUT2D eigenvalue weighted by molar-refractivity contribution is -0.137. The minimum atomic E-state index is -1.34. The van der Waals surface area contributed by atoms with Crippen molar-refractivity contribution in [1.29, 1.82) is 0 Å². The van der Waals surface area contributed by atoms with E-state index in [4.69, 9.17) is 0 Å². The summed E-state index contributed by atoms with van der Waals surface area (Å²) in [5.74, 6) is -4.92. The van der Waals surface area contributed by atoms with Crippen LogP contribution in [0.25, 0.3) is 0 Å². The van der Waals surface area contributed by atoms with E-state index in [0.29, 0.717) is 0 Å². The highest BCUT2D eigenvalue weighted by atomic mass is 79.9. The maximum Gasteiger partial charge on any atom is 0.379 e. The third-order valence-electron chi connectivity index (χ3n) is 2.09. The number of hydrogen-bond acceptors (Lipinski definition) is 3. The molecule has 0 bridgehead atoms. The molecule has 0 aliphatic rings. The van der Waals surface area contributed by atoms with Gasteiger partial charge in [-0.15, -0.1) is 0 Å². The Balaban J connectivity index is 3.24. The molecule has 1 aromatic rings. The predicted molar refractivity (Wildman–Crippen MR) is 59.8 cm³/mol. The highest BCUT2D eigenvalue weighted by Gasteiger charge is 2.25. The van der Waals surface area contributed by atoms with Crippen LogP contribution < -0.4 is 0 Å². The molecule has 0 saturated carbocycles. The van der Waals surface area contributed by atoms with Crippen LogP contribution in [0.2, 0.25) is 0 Å². The van der Waals surface area contributed by atoms with Gasteiger partial charge in [0.25, 0.3) is 5.78 Å². The molecule has 1 rings (SSSR count). The Morgan fingerprint density at radius 2 is 1.94 bits per heavy atom. The number of carbonyl (C=O) groups is 2. The normalized spacial score (nSPS) is 10.2. The molecule has 0 aliphatic heterocycles. The van der Waals surface area contributed by atoms with Crippen molar-refractivity contribution in [2.45, 2.75) is 13.8 Å². The number of ketones is 1. The van der Waals surface area contributed by atoms with Gasteiger partial charge in [0.2, 0.25) is 0 Å². The Hall–Kier alpha value is -1.30. The van der Waals surface area contributed by atoms with Gasteiger partial charge in [-0.2, -0.15) is 0 Å². The van der Waals surface area contributed by atoms with Crippen molar-refractivity contribution in [3.63, 3.8) is 0 Å². The summed E-state index contributed by atoms with van der Waals surface area (Å²) in [5.41, 5.74) is -0.610. The van der Waals surface area contributed by atoms with E-state index in [2.05, 4.69) is 20.7 Å². The molecule has 0 aliphatic carbocycles. The van der Waals surface area contributed by atoms with Gasteiger partial charge in [0.15, 0.2) is 11.6 Å². The third-order valence-corrected chi connectivity index (χ3v) is 2.92. The first-order chi connectivity index (χ1) is 7.90. The van der Waals surface area contributed by atoms with Crippen LogP contribution in [-0.2, 0) is 9.53 Å². The summed E-state index contributed by atoms with van der Waals surface area (Å²) >= 11 is 2.98. The van der Waals surface area contributed by atoms with Crippen LogP contribution in [0.4, 0.5) is 8.78 Å². The van der Waals surface area contributed by atoms with Gasteiger partial charge in [-0.1, -0.05) is 15.9 Å². The number of ether oxygens (including phenoxy) is 1. The summed E-state index contributed by atoms with van der Waals surface area (Å²) in [6.45, 7) is 2.84. The third kappa shape index (κ3) is 2.69. The van der Waals surface area contributed by atoms with Crippen LogP contribution in [0.3, 0.4) is 0 Å². The van der Waals surface area contributed by atoms with Gasteiger partial charge in [-0.05, 0) is 19.9 Å². The second-order valence-electron chi connectivity index (χ2n) is 3.21. The second kappa shape index (κ2) is 5.35. The molecule has 0 amide bonds. The van der Waals surface area contributed by atoms with Gasteiger partial charge in [-0.25, -0.2) is 13.6 Å². The molecule has 0 atom stereocenters. The van der Waals surface area contributed by atoms with Crippen LogP contribution >= 0.6 is 15.9 Å². The average molecular weight is 307 g/mol. The lowest BCUT2D eigenvalue weighted by Crippen LogP contribution is -2.19. The molecule has 0 N–H and O–H groups in total. The fourth-order valence-corrected chi connectivity index (χ4v) is 1.56. The summed E-state index contributed by atoms with van der Waals surface area (Å²) in [7, 11) is 0. The fourth-order valence-electron chi connectivity index (χ4n) is 1.16. The molecular formula is C11H9BrF2O3. The number of esters is 1. The van der Waals surface area contributed by atoms with Gasteiger partial charge in [0.1, 0.15) is 0 Å². The van der Waals surface area contributed by atoms with Crippen molar-refractivity contribution in [2.24, 2.45) is 0 Å². The summed E-state index contributed by atoms with van der Waals surface area (Å²) in [4.78, 5) is 22.6. The molecule has 3 nitrogen and oxygen atoms in total. The summed E-state index contributed by atoms with van der Waals surface area (Å²) in [5, 5.41) is 0. The number of hydrogen-bond donors (Lipinski definition) is 0. The summed E-state index contributed by atoms with van der Waals surface area (Å²) in [6.07, 6.45) is 0. The van der Waals surface area contributed by atoms with Gasteiger partial charge in [-0.3, -0.25) is 4.79 Å². The maximum absolute atomic E-state index is 13.5. The fraction of sp³-hybridized carbons (Fsp3) is 0.273. The van der Waals surface area contributed by atoms with Crippen molar-refractivity contribution >= 4 is 27.7 Å². The van der Waals surface area contributed by atoms with E-state index in [9.17, 15) is 18.4 Å². The SMILES string of the molecule is CCOC(=O)C(=O)c1cc(Br)c(C)c(F)c1F. The minimum Gasteiger partial charge on any atom is -0.460 e. The smallest absolute Gasteiger partial charge is 0.379 e. The Morgan fingerprint density at radius 3 is 2.47 bits per heavy atom. The Morgan fingerprint density at radius 1 is 1.35 bits per heavy atom. The van der Waals surface area contributed by atoms with E-state index in [0.717, 1.165) is 6.07 Å². The van der Waals surface area contributed by atoms with Gasteiger partial charge >= 0.3 is 5.97 Å². The standard InChI is InChI=1S/C11H9BrF2O3/c1-3-17-11(16)10(15)6-4-7(12)5(2)8(13)9(6)14/h4H,3H2,1-2H3. The van der Waals surface area contributed by atoms with E-state index in [1.807, 2.05) is 0 Å². The average Bonchev–Trinajstić information content (AvgIpc) is 2.30. The molecule has 1 aromatic carbocycles. The highest BCUT2D eigenvalue weighted by molar-refractivity contribution is 9.10. The molecule has 0 spiro atoms. The van der Waals surface area contributed by atoms with Crippen molar-refractivity contribution in [2.75, 3.05) is 6.61 Å². The molecule has 6 heteroatoms. The summed E-state index contributed by atoms with van der Waals surface area (Å²) < 4.78 is 31.5. The Labute approximate surface area is 105 Å². The van der Waals surface area contributed by atoms with Crippen molar-refractivity contribution in [1.82, 2.24) is 0 Å². The lowest BCUT2D eigenvalue weighted by Gasteiger charge is -2.07. The van der Waals surface area contributed by atoms with E-state index >= 15 is 0 Å². The molecule has 0 unspecified atom stereocenters. The van der Waals surface area contributed by atoms with Crippen molar-refractivity contribution in [3.05, 3.63) is 33.3 Å². The van der Waals surface area contributed by atoms with E-state index < -0.39 is 29.0 Å². The molecule has 17 heavy (non-hydrogen) atoms. The first kappa shape index (κ1) is 13.8. The topological polar surface area (TPSA) is 43.4 Å². The zero-order valence-corrected chi connectivity index (χ0v) is 10.7. The molecule has 0 radical (unpaired) electrons. The molecular weight excluding hydrogens is 298 g/mol. The predicted octanol–water partition coefficient (Wildman–Crippen LogP) is 2.78. The first-order valence-corrected chi connectivity index (χ1v) is 5.55. The van der Waals surface area contributed by atoms with Crippen LogP contribution in [0.15, 0.2) is 10.5 Å². The monoisotopic (exact) mass is 306 g/mol. The van der Waals surface area contributed by atoms with Crippen LogP contribution in [0, 0.1) is 18.6 Å². The van der Waals surface area contributed by atoms with Crippen LogP contribution in [0.1, 0.15) is 22.8 Å². The Kier molecular flexibility index (Phi) is 4.34. The van der Waals surface area contributed by atoms with Crippen molar-refractivity contribution < 1.29 is 23.1 Å². The number of benzene rings is 1. The van der Waals surface area contributed by atoms with Gasteiger partial charge in [0, 0.05) is 10.0 Å². The molecule has 0 fully saturated rings. The number of carbonyl (C=O) groups excluding carboxylic acids is 2. The van der Waals surface area contributed by atoms with Crippen LogP contribution in [-0.4, -0.2) is 18.4 Å². The molecule has 0 heterocycles. The zero-order valence-electron chi connectivity index (χ0n) is 9.14. The zero-order chi connectivity index (χ0) is 13.2.